The van der Waals surface area contributed by atoms with Crippen LogP contribution in [0.1, 0.15) is 5.56 Å². The molecule has 0 N–H and O–H groups in total. The summed E-state index contributed by atoms with van der Waals surface area (Å²) in [5, 5.41) is 18.4. The largest absolute Gasteiger partial charge is 0.371 e. The number of aromatic nitrogens is 4. The van der Waals surface area contributed by atoms with E-state index in [2.05, 4.69) is 58.1 Å². The molecule has 0 bridgehead atoms. The second-order valence-corrected chi connectivity index (χ2v) is 9.43. The van der Waals surface area contributed by atoms with E-state index in [4.69, 9.17) is 0 Å². The zero-order valence-electron chi connectivity index (χ0n) is 19.5. The summed E-state index contributed by atoms with van der Waals surface area (Å²) in [5.74, 6) is 1.03. The lowest BCUT2D eigenvalue weighted by molar-refractivity contribution is -0.125. The third-order valence-electron chi connectivity index (χ3n) is 7.29. The second kappa shape index (κ2) is 8.13. The average molecular weight is 464 g/mol. The SMILES string of the molecule is C=CC(=O)N1CC2CN(c3ccc(-c4cc(-c5cnn(C)c5)cn5ncc(C#N)c45)cc3)CC2C1. The van der Waals surface area contributed by atoms with Crippen LogP contribution < -0.4 is 4.90 Å². The number of carbonyl (C=O) groups is 1. The van der Waals surface area contributed by atoms with Crippen molar-refractivity contribution in [1.82, 2.24) is 24.3 Å². The van der Waals surface area contributed by atoms with Gasteiger partial charge in [0.05, 0.1) is 23.5 Å². The van der Waals surface area contributed by atoms with E-state index in [1.54, 1.807) is 15.4 Å². The highest BCUT2D eigenvalue weighted by molar-refractivity contribution is 5.88. The van der Waals surface area contributed by atoms with Crippen LogP contribution in [0.4, 0.5) is 5.69 Å². The number of rotatable bonds is 4. The van der Waals surface area contributed by atoms with E-state index in [1.165, 1.54) is 11.8 Å². The molecule has 6 rings (SSSR count). The topological polar surface area (TPSA) is 82.5 Å². The molecule has 4 aromatic rings. The molecule has 174 valence electrons. The Hall–Kier alpha value is -4.38. The molecule has 0 saturated carbocycles. The smallest absolute Gasteiger partial charge is 0.245 e. The van der Waals surface area contributed by atoms with Gasteiger partial charge < -0.3 is 9.80 Å². The molecule has 2 saturated heterocycles. The molecule has 8 nitrogen and oxygen atoms in total. The van der Waals surface area contributed by atoms with E-state index in [9.17, 15) is 10.1 Å². The number of carbonyl (C=O) groups excluding carboxylic acids is 1. The zero-order valence-corrected chi connectivity index (χ0v) is 19.5. The van der Waals surface area contributed by atoms with Crippen molar-refractivity contribution >= 4 is 17.1 Å². The third-order valence-corrected chi connectivity index (χ3v) is 7.29. The first-order chi connectivity index (χ1) is 17.0. The Kier molecular flexibility index (Phi) is 4.92. The molecule has 1 amide bonds. The monoisotopic (exact) mass is 463 g/mol. The number of amides is 1. The first kappa shape index (κ1) is 21.2. The lowest BCUT2D eigenvalue weighted by atomic mass is 10.00. The number of hydrogen-bond donors (Lipinski definition) is 0. The van der Waals surface area contributed by atoms with E-state index >= 15 is 0 Å². The van der Waals surface area contributed by atoms with Crippen LogP contribution in [-0.4, -0.2) is 56.4 Å². The van der Waals surface area contributed by atoms with Gasteiger partial charge in [0.2, 0.25) is 5.91 Å². The molecular weight excluding hydrogens is 438 g/mol. The number of likely N-dealkylation sites (tertiary alicyclic amines) is 1. The predicted molar refractivity (Wildman–Crippen MR) is 134 cm³/mol. The fourth-order valence-electron chi connectivity index (χ4n) is 5.52. The summed E-state index contributed by atoms with van der Waals surface area (Å²) in [4.78, 5) is 16.3. The summed E-state index contributed by atoms with van der Waals surface area (Å²) < 4.78 is 3.55. The van der Waals surface area contributed by atoms with Crippen LogP contribution >= 0.6 is 0 Å². The average Bonchev–Trinajstić information content (AvgIpc) is 3.65. The van der Waals surface area contributed by atoms with E-state index in [0.29, 0.717) is 17.4 Å². The van der Waals surface area contributed by atoms with Gasteiger partial charge in [-0.2, -0.15) is 15.5 Å². The summed E-state index contributed by atoms with van der Waals surface area (Å²) in [5.41, 5.74) is 6.51. The maximum atomic E-state index is 12.0. The molecule has 2 unspecified atom stereocenters. The van der Waals surface area contributed by atoms with E-state index in [0.717, 1.165) is 53.9 Å². The first-order valence-electron chi connectivity index (χ1n) is 11.7. The van der Waals surface area contributed by atoms with Gasteiger partial charge in [-0.3, -0.25) is 9.48 Å². The zero-order chi connectivity index (χ0) is 24.1. The lowest BCUT2D eigenvalue weighted by Gasteiger charge is -2.23. The van der Waals surface area contributed by atoms with Crippen molar-refractivity contribution in [2.45, 2.75) is 0 Å². The molecule has 2 aliphatic heterocycles. The van der Waals surface area contributed by atoms with Crippen LogP contribution in [0.15, 0.2) is 67.8 Å². The van der Waals surface area contributed by atoms with E-state index in [1.807, 2.05) is 30.5 Å². The number of pyridine rings is 1. The minimum atomic E-state index is 0.0340. The Balaban J connectivity index is 1.31. The maximum Gasteiger partial charge on any atom is 0.245 e. The number of hydrogen-bond acceptors (Lipinski definition) is 5. The Morgan fingerprint density at radius 1 is 1.03 bits per heavy atom. The van der Waals surface area contributed by atoms with Crippen molar-refractivity contribution in [2.24, 2.45) is 18.9 Å². The Morgan fingerprint density at radius 2 is 1.77 bits per heavy atom. The molecule has 0 radical (unpaired) electrons. The fraction of sp³-hybridized carbons (Fsp3) is 0.259. The first-order valence-corrected chi connectivity index (χ1v) is 11.7. The molecule has 3 aromatic heterocycles. The van der Waals surface area contributed by atoms with Gasteiger partial charge in [-0.15, -0.1) is 0 Å². The van der Waals surface area contributed by atoms with Gasteiger partial charge in [-0.25, -0.2) is 4.52 Å². The van der Waals surface area contributed by atoms with Crippen LogP contribution in [0.3, 0.4) is 0 Å². The maximum absolute atomic E-state index is 12.0. The number of anilines is 1. The summed E-state index contributed by atoms with van der Waals surface area (Å²) in [6, 6.07) is 12.9. The molecule has 2 aliphatic rings. The lowest BCUT2D eigenvalue weighted by Crippen LogP contribution is -2.32. The van der Waals surface area contributed by atoms with Crippen molar-refractivity contribution in [3.8, 4) is 28.3 Å². The standard InChI is InChI=1S/C27H25N7O/c1-3-26(35)33-15-22-13-32(14-23(22)16-33)24-6-4-18(5-7-24)25-8-19(21-11-29-31(2)12-21)17-34-27(25)20(9-28)10-30-34/h3-8,10-12,17,22-23H,1,13-16H2,2H3. The van der Waals surface area contributed by atoms with Crippen molar-refractivity contribution in [1.29, 1.82) is 5.26 Å². The predicted octanol–water partition coefficient (Wildman–Crippen LogP) is 3.35. The minimum absolute atomic E-state index is 0.0340. The van der Waals surface area contributed by atoms with Gasteiger partial charge in [-0.05, 0) is 29.8 Å². The molecule has 35 heavy (non-hydrogen) atoms. The number of aryl methyl sites for hydroxylation is 1. The van der Waals surface area contributed by atoms with Gasteiger partial charge in [0.25, 0.3) is 0 Å². The molecule has 0 aliphatic carbocycles. The molecule has 2 fully saturated rings. The van der Waals surface area contributed by atoms with E-state index < -0.39 is 0 Å². The Labute approximate surface area is 203 Å². The Bertz CT molecular complexity index is 1480. The summed E-state index contributed by atoms with van der Waals surface area (Å²) in [6.45, 7) is 7.13. The van der Waals surface area contributed by atoms with Crippen molar-refractivity contribution in [3.63, 3.8) is 0 Å². The van der Waals surface area contributed by atoms with Crippen LogP contribution in [-0.2, 0) is 11.8 Å². The molecule has 2 atom stereocenters. The van der Waals surface area contributed by atoms with Gasteiger partial charge in [0.1, 0.15) is 6.07 Å². The van der Waals surface area contributed by atoms with Crippen LogP contribution in [0.25, 0.3) is 27.8 Å². The highest BCUT2D eigenvalue weighted by Crippen LogP contribution is 2.36. The fourth-order valence-corrected chi connectivity index (χ4v) is 5.52. The Morgan fingerprint density at radius 3 is 2.40 bits per heavy atom. The van der Waals surface area contributed by atoms with Gasteiger partial charge in [0.15, 0.2) is 0 Å². The highest BCUT2D eigenvalue weighted by atomic mass is 16.2. The van der Waals surface area contributed by atoms with Crippen LogP contribution in [0, 0.1) is 23.2 Å². The normalized spacial score (nSPS) is 19.2. The second-order valence-electron chi connectivity index (χ2n) is 9.43. The van der Waals surface area contributed by atoms with E-state index in [-0.39, 0.29) is 5.91 Å². The van der Waals surface area contributed by atoms with Gasteiger partial charge >= 0.3 is 0 Å². The molecule has 5 heterocycles. The number of nitrogens with zero attached hydrogens (tertiary/aromatic N) is 7. The summed E-state index contributed by atoms with van der Waals surface area (Å²) >= 11 is 0. The van der Waals surface area contributed by atoms with Crippen molar-refractivity contribution in [3.05, 3.63) is 73.3 Å². The van der Waals surface area contributed by atoms with Crippen LogP contribution in [0.2, 0.25) is 0 Å². The van der Waals surface area contributed by atoms with Gasteiger partial charge in [0, 0.05) is 79.8 Å². The highest BCUT2D eigenvalue weighted by Gasteiger charge is 2.41. The number of nitriles is 1. The van der Waals surface area contributed by atoms with Gasteiger partial charge in [-0.1, -0.05) is 18.7 Å². The minimum Gasteiger partial charge on any atom is -0.371 e. The molecule has 0 spiro atoms. The van der Waals surface area contributed by atoms with Crippen LogP contribution in [0.5, 0.6) is 0 Å². The molecule has 1 aromatic carbocycles. The molecular formula is C27H25N7O. The quantitative estimate of drug-likeness (QED) is 0.434. The number of fused-ring (bicyclic) bond motifs is 2. The summed E-state index contributed by atoms with van der Waals surface area (Å²) in [6.07, 6.45) is 8.77. The third kappa shape index (κ3) is 3.56. The van der Waals surface area contributed by atoms with Crippen molar-refractivity contribution < 1.29 is 4.79 Å². The van der Waals surface area contributed by atoms with Crippen molar-refractivity contribution in [2.75, 3.05) is 31.1 Å². The number of benzene rings is 1. The summed E-state index contributed by atoms with van der Waals surface area (Å²) in [7, 11) is 1.89. The molecule has 8 heteroatoms.